The van der Waals surface area contributed by atoms with Crippen LogP contribution in [0.4, 0.5) is 0 Å². The second-order valence-corrected chi connectivity index (χ2v) is 6.29. The number of aliphatic hydroxyl groups is 1. The molecule has 4 nitrogen and oxygen atoms in total. The Hall–Kier alpha value is -0.610. The van der Waals surface area contributed by atoms with E-state index in [0.717, 1.165) is 38.6 Å². The third-order valence-electron chi connectivity index (χ3n) is 4.24. The fourth-order valence-electron chi connectivity index (χ4n) is 2.61. The number of carbonyl (C=O) groups is 1. The number of nitrogens with one attached hydrogen (secondary N) is 1. The minimum Gasteiger partial charge on any atom is -0.392 e. The van der Waals surface area contributed by atoms with Gasteiger partial charge < -0.3 is 10.4 Å². The Morgan fingerprint density at radius 3 is 2.68 bits per heavy atom. The van der Waals surface area contributed by atoms with E-state index in [1.807, 2.05) is 20.8 Å². The van der Waals surface area contributed by atoms with Gasteiger partial charge in [-0.05, 0) is 46.1 Å². The van der Waals surface area contributed by atoms with Crippen LogP contribution in [0.3, 0.4) is 0 Å². The molecule has 0 aromatic rings. The summed E-state index contributed by atoms with van der Waals surface area (Å²) in [5.41, 5.74) is -0.147. The largest absolute Gasteiger partial charge is 0.392 e. The van der Waals surface area contributed by atoms with E-state index in [1.165, 1.54) is 0 Å². The summed E-state index contributed by atoms with van der Waals surface area (Å²) in [5.74, 6) is 0.0713. The molecule has 2 atom stereocenters. The van der Waals surface area contributed by atoms with Crippen molar-refractivity contribution < 1.29 is 9.90 Å². The van der Waals surface area contributed by atoms with Crippen molar-refractivity contribution in [1.82, 2.24) is 10.2 Å². The summed E-state index contributed by atoms with van der Waals surface area (Å²) in [4.78, 5) is 14.3. The third-order valence-corrected chi connectivity index (χ3v) is 4.24. The Bertz CT molecular complexity index is 292. The average Bonchev–Trinajstić information content (AvgIpc) is 2.37. The molecule has 4 heteroatoms. The van der Waals surface area contributed by atoms with E-state index in [1.54, 1.807) is 0 Å². The second-order valence-electron chi connectivity index (χ2n) is 6.29. The van der Waals surface area contributed by atoms with Gasteiger partial charge in [0.1, 0.15) is 0 Å². The van der Waals surface area contributed by atoms with Gasteiger partial charge in [0.05, 0.1) is 12.6 Å². The molecule has 1 saturated heterocycles. The van der Waals surface area contributed by atoms with E-state index >= 15 is 0 Å². The Morgan fingerprint density at radius 1 is 1.42 bits per heavy atom. The highest BCUT2D eigenvalue weighted by atomic mass is 16.3. The van der Waals surface area contributed by atoms with Crippen molar-refractivity contribution in [3.63, 3.8) is 0 Å². The second kappa shape index (κ2) is 7.25. The molecule has 0 aromatic heterocycles. The number of likely N-dealkylation sites (tertiary alicyclic amines) is 1. The fourth-order valence-corrected chi connectivity index (χ4v) is 2.61. The monoisotopic (exact) mass is 270 g/mol. The molecular weight excluding hydrogens is 240 g/mol. The molecule has 1 aliphatic heterocycles. The zero-order chi connectivity index (χ0) is 14.5. The molecule has 1 fully saturated rings. The summed E-state index contributed by atoms with van der Waals surface area (Å²) in [7, 11) is 0. The van der Waals surface area contributed by atoms with Crippen LogP contribution in [-0.2, 0) is 4.79 Å². The van der Waals surface area contributed by atoms with Gasteiger partial charge in [0.15, 0.2) is 0 Å². The Labute approximate surface area is 117 Å². The van der Waals surface area contributed by atoms with Crippen LogP contribution in [-0.4, -0.2) is 46.7 Å². The van der Waals surface area contributed by atoms with Crippen molar-refractivity contribution >= 4 is 5.91 Å². The van der Waals surface area contributed by atoms with Crippen LogP contribution in [0.25, 0.3) is 0 Å². The SMILES string of the molecule is CCC(O)C1CCCCN1CC(=O)NC(C)(C)CC. The van der Waals surface area contributed by atoms with Crippen LogP contribution in [0.5, 0.6) is 0 Å². The third kappa shape index (κ3) is 5.11. The van der Waals surface area contributed by atoms with Gasteiger partial charge in [-0.25, -0.2) is 0 Å². The van der Waals surface area contributed by atoms with Crippen LogP contribution < -0.4 is 5.32 Å². The molecule has 2 N–H and O–H groups in total. The number of amides is 1. The summed E-state index contributed by atoms with van der Waals surface area (Å²) in [5, 5.41) is 13.1. The van der Waals surface area contributed by atoms with E-state index in [-0.39, 0.29) is 23.6 Å². The molecule has 0 radical (unpaired) electrons. The number of aliphatic hydroxyl groups excluding tert-OH is 1. The topological polar surface area (TPSA) is 52.6 Å². The Morgan fingerprint density at radius 2 is 2.11 bits per heavy atom. The Balaban J connectivity index is 2.55. The molecule has 0 spiro atoms. The predicted octanol–water partition coefficient (Wildman–Crippen LogP) is 1.92. The van der Waals surface area contributed by atoms with Crippen molar-refractivity contribution in [3.05, 3.63) is 0 Å². The molecule has 112 valence electrons. The van der Waals surface area contributed by atoms with Gasteiger partial charge in [-0.3, -0.25) is 9.69 Å². The lowest BCUT2D eigenvalue weighted by Crippen LogP contribution is -2.53. The molecule has 1 amide bonds. The minimum atomic E-state index is -0.313. The summed E-state index contributed by atoms with van der Waals surface area (Å²) in [6.07, 6.45) is 4.63. The summed E-state index contributed by atoms with van der Waals surface area (Å²) < 4.78 is 0. The number of hydrogen-bond acceptors (Lipinski definition) is 3. The normalized spacial score (nSPS) is 23.1. The molecule has 0 saturated carbocycles. The van der Waals surface area contributed by atoms with E-state index in [4.69, 9.17) is 0 Å². The van der Waals surface area contributed by atoms with Crippen molar-refractivity contribution in [2.45, 2.75) is 77.5 Å². The zero-order valence-corrected chi connectivity index (χ0v) is 12.9. The molecule has 0 aromatic carbocycles. The molecule has 2 unspecified atom stereocenters. The highest BCUT2D eigenvalue weighted by Crippen LogP contribution is 2.21. The van der Waals surface area contributed by atoms with Crippen molar-refractivity contribution in [2.24, 2.45) is 0 Å². The first-order valence-electron chi connectivity index (χ1n) is 7.62. The Kier molecular flexibility index (Phi) is 6.27. The van der Waals surface area contributed by atoms with Gasteiger partial charge in [-0.1, -0.05) is 20.3 Å². The smallest absolute Gasteiger partial charge is 0.234 e. The van der Waals surface area contributed by atoms with Crippen molar-refractivity contribution in [2.75, 3.05) is 13.1 Å². The predicted molar refractivity (Wildman–Crippen MR) is 78.0 cm³/mol. The van der Waals surface area contributed by atoms with E-state index < -0.39 is 0 Å². The number of nitrogens with zero attached hydrogens (tertiary/aromatic N) is 1. The highest BCUT2D eigenvalue weighted by molar-refractivity contribution is 5.78. The van der Waals surface area contributed by atoms with Crippen molar-refractivity contribution in [1.29, 1.82) is 0 Å². The number of piperidine rings is 1. The number of carbonyl (C=O) groups excluding carboxylic acids is 1. The minimum absolute atomic E-state index is 0.0713. The standard InChI is InChI=1S/C15H30N2O2/c1-5-13(18)12-9-7-8-10-17(12)11-14(19)16-15(3,4)6-2/h12-13,18H,5-11H2,1-4H3,(H,16,19). The zero-order valence-electron chi connectivity index (χ0n) is 12.9. The maximum atomic E-state index is 12.1. The lowest BCUT2D eigenvalue weighted by Gasteiger charge is -2.38. The van der Waals surface area contributed by atoms with Gasteiger partial charge in [-0.2, -0.15) is 0 Å². The van der Waals surface area contributed by atoms with Crippen LogP contribution >= 0.6 is 0 Å². The van der Waals surface area contributed by atoms with Gasteiger partial charge >= 0.3 is 0 Å². The van der Waals surface area contributed by atoms with Crippen molar-refractivity contribution in [3.8, 4) is 0 Å². The van der Waals surface area contributed by atoms with Gasteiger partial charge in [-0.15, -0.1) is 0 Å². The van der Waals surface area contributed by atoms with Crippen LogP contribution in [0.2, 0.25) is 0 Å². The van der Waals surface area contributed by atoms with Gasteiger partial charge in [0.2, 0.25) is 5.91 Å². The molecule has 1 aliphatic rings. The number of rotatable bonds is 6. The highest BCUT2D eigenvalue weighted by Gasteiger charge is 2.29. The first-order chi connectivity index (χ1) is 8.89. The van der Waals surface area contributed by atoms with E-state index in [0.29, 0.717) is 6.54 Å². The maximum absolute atomic E-state index is 12.1. The lowest BCUT2D eigenvalue weighted by molar-refractivity contribution is -0.125. The summed E-state index contributed by atoms with van der Waals surface area (Å²) >= 11 is 0. The van der Waals surface area contributed by atoms with Crippen LogP contribution in [0.1, 0.15) is 59.8 Å². The molecule has 19 heavy (non-hydrogen) atoms. The lowest BCUT2D eigenvalue weighted by atomic mass is 9.95. The average molecular weight is 270 g/mol. The molecule has 1 rings (SSSR count). The first kappa shape index (κ1) is 16.4. The fraction of sp³-hybridized carbons (Fsp3) is 0.933. The van der Waals surface area contributed by atoms with Crippen LogP contribution in [0.15, 0.2) is 0 Å². The quantitative estimate of drug-likeness (QED) is 0.775. The van der Waals surface area contributed by atoms with E-state index in [9.17, 15) is 9.90 Å². The molecule has 0 aliphatic carbocycles. The van der Waals surface area contributed by atoms with Gasteiger partial charge in [0, 0.05) is 11.6 Å². The first-order valence-corrected chi connectivity index (χ1v) is 7.62. The van der Waals surface area contributed by atoms with Crippen LogP contribution in [0, 0.1) is 0 Å². The summed E-state index contributed by atoms with van der Waals surface area (Å²) in [6.45, 7) is 9.48. The number of hydrogen-bond donors (Lipinski definition) is 2. The molecule has 0 bridgehead atoms. The molecule has 1 heterocycles. The van der Waals surface area contributed by atoms with Gasteiger partial charge in [0.25, 0.3) is 0 Å². The van der Waals surface area contributed by atoms with E-state index in [2.05, 4.69) is 17.1 Å². The maximum Gasteiger partial charge on any atom is 0.234 e. The molecular formula is C15H30N2O2. The summed E-state index contributed by atoms with van der Waals surface area (Å²) in [6, 6.07) is 0.147.